The number of rotatable bonds is 3. The first-order chi connectivity index (χ1) is 10.0. The number of hydrogen-bond donors (Lipinski definition) is 2. The molecule has 0 bridgehead atoms. The molecule has 6 heteroatoms. The molecule has 5 nitrogen and oxygen atoms in total. The molecule has 0 radical (unpaired) electrons. The summed E-state index contributed by atoms with van der Waals surface area (Å²) in [6.45, 7) is 4.07. The summed E-state index contributed by atoms with van der Waals surface area (Å²) in [4.78, 5) is 25.5. The van der Waals surface area contributed by atoms with Crippen molar-refractivity contribution in [2.24, 2.45) is 5.92 Å². The smallest absolute Gasteiger partial charge is 0.305 e. The third kappa shape index (κ3) is 4.82. The van der Waals surface area contributed by atoms with E-state index in [1.165, 1.54) is 24.6 Å². The standard InChI is InChI=1S/C15H20FN3O2/c1-11-5-4-8-19(9-11)10-14(20)18-15(21)17-13-7-3-2-6-12(13)16/h2-3,6-7,11H,4-5,8-10H2,1H3,(H2,17,18,20,21). The van der Waals surface area contributed by atoms with Gasteiger partial charge in [-0.25, -0.2) is 9.18 Å². The number of urea groups is 1. The fourth-order valence-corrected chi connectivity index (χ4v) is 2.52. The van der Waals surface area contributed by atoms with Crippen LogP contribution in [0.1, 0.15) is 19.8 Å². The molecule has 1 heterocycles. The topological polar surface area (TPSA) is 61.4 Å². The number of nitrogens with one attached hydrogen (secondary N) is 2. The Labute approximate surface area is 123 Å². The first kappa shape index (κ1) is 15.4. The van der Waals surface area contributed by atoms with Crippen LogP contribution in [0.5, 0.6) is 0 Å². The molecule has 3 amide bonds. The van der Waals surface area contributed by atoms with E-state index in [0.717, 1.165) is 19.5 Å². The average Bonchev–Trinajstić information content (AvgIpc) is 2.41. The molecule has 0 saturated carbocycles. The molecule has 1 aromatic carbocycles. The number of piperidine rings is 1. The summed E-state index contributed by atoms with van der Waals surface area (Å²) in [5.41, 5.74) is 0.0504. The van der Waals surface area contributed by atoms with Crippen molar-refractivity contribution in [1.82, 2.24) is 10.2 Å². The van der Waals surface area contributed by atoms with Gasteiger partial charge in [0, 0.05) is 6.54 Å². The predicted molar refractivity (Wildman–Crippen MR) is 78.4 cm³/mol. The second-order valence-electron chi connectivity index (χ2n) is 5.46. The summed E-state index contributed by atoms with van der Waals surface area (Å²) in [7, 11) is 0. The molecule has 0 aromatic heterocycles. The summed E-state index contributed by atoms with van der Waals surface area (Å²) in [6, 6.07) is 5.10. The van der Waals surface area contributed by atoms with Crippen LogP contribution in [0.25, 0.3) is 0 Å². The lowest BCUT2D eigenvalue weighted by molar-refractivity contribution is -0.121. The van der Waals surface area contributed by atoms with Crippen molar-refractivity contribution in [3.8, 4) is 0 Å². The van der Waals surface area contributed by atoms with E-state index in [1.54, 1.807) is 6.07 Å². The van der Waals surface area contributed by atoms with Crippen LogP contribution in [0, 0.1) is 11.7 Å². The summed E-state index contributed by atoms with van der Waals surface area (Å²) in [5, 5.41) is 4.54. The van der Waals surface area contributed by atoms with E-state index in [-0.39, 0.29) is 18.1 Å². The van der Waals surface area contributed by atoms with Crippen LogP contribution in [-0.2, 0) is 4.79 Å². The quantitative estimate of drug-likeness (QED) is 0.898. The Bertz CT molecular complexity index is 521. The molecule has 1 fully saturated rings. The van der Waals surface area contributed by atoms with Gasteiger partial charge < -0.3 is 5.32 Å². The molecule has 2 N–H and O–H groups in total. The number of para-hydroxylation sites is 1. The highest BCUT2D eigenvalue weighted by atomic mass is 19.1. The Morgan fingerprint density at radius 1 is 1.38 bits per heavy atom. The van der Waals surface area contributed by atoms with E-state index in [0.29, 0.717) is 5.92 Å². The zero-order chi connectivity index (χ0) is 15.2. The number of imide groups is 1. The molecule has 0 spiro atoms. The molecular weight excluding hydrogens is 273 g/mol. The lowest BCUT2D eigenvalue weighted by Gasteiger charge is -2.29. The Balaban J connectivity index is 1.79. The minimum atomic E-state index is -0.713. The number of halogens is 1. The van der Waals surface area contributed by atoms with Crippen molar-refractivity contribution in [3.05, 3.63) is 30.1 Å². The SMILES string of the molecule is CC1CCCN(CC(=O)NC(=O)Nc2ccccc2F)C1. The highest BCUT2D eigenvalue weighted by molar-refractivity contribution is 6.01. The number of benzene rings is 1. The second kappa shape index (κ2) is 7.17. The summed E-state index contributed by atoms with van der Waals surface area (Å²) < 4.78 is 13.4. The lowest BCUT2D eigenvalue weighted by atomic mass is 10.0. The normalized spacial score (nSPS) is 19.0. The summed E-state index contributed by atoms with van der Waals surface area (Å²) >= 11 is 0. The Morgan fingerprint density at radius 2 is 2.14 bits per heavy atom. The van der Waals surface area contributed by atoms with Gasteiger partial charge in [-0.15, -0.1) is 0 Å². The van der Waals surface area contributed by atoms with E-state index in [9.17, 15) is 14.0 Å². The maximum atomic E-state index is 13.4. The van der Waals surface area contributed by atoms with Crippen LogP contribution >= 0.6 is 0 Å². The molecule has 2 rings (SSSR count). The first-order valence-electron chi connectivity index (χ1n) is 7.12. The van der Waals surface area contributed by atoms with E-state index in [2.05, 4.69) is 17.6 Å². The molecular formula is C15H20FN3O2. The number of anilines is 1. The number of carbonyl (C=O) groups is 2. The van der Waals surface area contributed by atoms with Crippen molar-refractivity contribution in [1.29, 1.82) is 0 Å². The monoisotopic (exact) mass is 293 g/mol. The molecule has 1 saturated heterocycles. The van der Waals surface area contributed by atoms with Crippen LogP contribution < -0.4 is 10.6 Å². The third-order valence-electron chi connectivity index (χ3n) is 3.48. The molecule has 1 unspecified atom stereocenters. The van der Waals surface area contributed by atoms with Crippen molar-refractivity contribution in [2.75, 3.05) is 25.0 Å². The minimum absolute atomic E-state index is 0.0504. The molecule has 1 aliphatic rings. The number of nitrogens with zero attached hydrogens (tertiary/aromatic N) is 1. The van der Waals surface area contributed by atoms with Crippen molar-refractivity contribution in [3.63, 3.8) is 0 Å². The van der Waals surface area contributed by atoms with Gasteiger partial charge in [-0.3, -0.25) is 15.0 Å². The van der Waals surface area contributed by atoms with E-state index >= 15 is 0 Å². The van der Waals surface area contributed by atoms with Crippen LogP contribution in [0.4, 0.5) is 14.9 Å². The number of carbonyl (C=O) groups excluding carboxylic acids is 2. The van der Waals surface area contributed by atoms with Gasteiger partial charge in [0.05, 0.1) is 12.2 Å². The van der Waals surface area contributed by atoms with Gasteiger partial charge in [0.25, 0.3) is 0 Å². The number of hydrogen-bond acceptors (Lipinski definition) is 3. The van der Waals surface area contributed by atoms with Crippen LogP contribution in [0.3, 0.4) is 0 Å². The molecule has 0 aliphatic carbocycles. The number of likely N-dealkylation sites (tertiary alicyclic amines) is 1. The van der Waals surface area contributed by atoms with Crippen LogP contribution in [-0.4, -0.2) is 36.5 Å². The second-order valence-corrected chi connectivity index (χ2v) is 5.46. The van der Waals surface area contributed by atoms with Crippen LogP contribution in [0.2, 0.25) is 0 Å². The van der Waals surface area contributed by atoms with Gasteiger partial charge in [-0.2, -0.15) is 0 Å². The van der Waals surface area contributed by atoms with Gasteiger partial charge in [-0.1, -0.05) is 19.1 Å². The molecule has 1 atom stereocenters. The zero-order valence-electron chi connectivity index (χ0n) is 12.1. The average molecular weight is 293 g/mol. The van der Waals surface area contributed by atoms with Gasteiger partial charge in [0.1, 0.15) is 5.82 Å². The predicted octanol–water partition coefficient (Wildman–Crippen LogP) is 2.21. The van der Waals surface area contributed by atoms with Crippen molar-refractivity contribution >= 4 is 17.6 Å². The third-order valence-corrected chi connectivity index (χ3v) is 3.48. The Hall–Kier alpha value is -1.95. The highest BCUT2D eigenvalue weighted by Crippen LogP contribution is 2.15. The molecule has 21 heavy (non-hydrogen) atoms. The van der Waals surface area contributed by atoms with Crippen molar-refractivity contribution < 1.29 is 14.0 Å². The fourth-order valence-electron chi connectivity index (χ4n) is 2.52. The first-order valence-corrected chi connectivity index (χ1v) is 7.12. The van der Waals surface area contributed by atoms with Crippen LogP contribution in [0.15, 0.2) is 24.3 Å². The zero-order valence-corrected chi connectivity index (χ0v) is 12.1. The van der Waals surface area contributed by atoms with Gasteiger partial charge in [0.2, 0.25) is 5.91 Å². The minimum Gasteiger partial charge on any atom is -0.305 e. The maximum absolute atomic E-state index is 13.4. The number of amides is 3. The fraction of sp³-hybridized carbons (Fsp3) is 0.467. The highest BCUT2D eigenvalue weighted by Gasteiger charge is 2.19. The lowest BCUT2D eigenvalue weighted by Crippen LogP contribution is -2.44. The summed E-state index contributed by atoms with van der Waals surface area (Å²) in [6.07, 6.45) is 2.24. The molecule has 1 aliphatic heterocycles. The molecule has 114 valence electrons. The van der Waals surface area contributed by atoms with E-state index in [4.69, 9.17) is 0 Å². The molecule has 1 aromatic rings. The van der Waals surface area contributed by atoms with Gasteiger partial charge in [0.15, 0.2) is 0 Å². The van der Waals surface area contributed by atoms with Gasteiger partial charge in [-0.05, 0) is 37.4 Å². The van der Waals surface area contributed by atoms with E-state index < -0.39 is 11.8 Å². The maximum Gasteiger partial charge on any atom is 0.326 e. The Morgan fingerprint density at radius 3 is 2.86 bits per heavy atom. The van der Waals surface area contributed by atoms with Crippen molar-refractivity contribution in [2.45, 2.75) is 19.8 Å². The van der Waals surface area contributed by atoms with E-state index in [1.807, 2.05) is 4.90 Å². The largest absolute Gasteiger partial charge is 0.326 e. The summed E-state index contributed by atoms with van der Waals surface area (Å²) in [5.74, 6) is -0.346. The Kier molecular flexibility index (Phi) is 5.27. The van der Waals surface area contributed by atoms with Gasteiger partial charge >= 0.3 is 6.03 Å².